The average Bonchev–Trinajstić information content (AvgIpc) is 2.16. The second-order valence-corrected chi connectivity index (χ2v) is 2.99. The highest BCUT2D eigenvalue weighted by Gasteiger charge is 2.05. The van der Waals surface area contributed by atoms with Crippen LogP contribution in [0.25, 0.3) is 11.0 Å². The second kappa shape index (κ2) is 3.14. The number of benzene rings is 1. The summed E-state index contributed by atoms with van der Waals surface area (Å²) < 4.78 is 4.87. The van der Waals surface area contributed by atoms with E-state index in [9.17, 15) is 9.59 Å². The number of fused-ring (bicyclic) bond motifs is 1. The van der Waals surface area contributed by atoms with Crippen LogP contribution >= 0.6 is 0 Å². The first-order valence-corrected chi connectivity index (χ1v) is 4.37. The van der Waals surface area contributed by atoms with Gasteiger partial charge in [-0.3, -0.25) is 9.78 Å². The van der Waals surface area contributed by atoms with Gasteiger partial charge >= 0.3 is 5.76 Å². The van der Waals surface area contributed by atoms with E-state index in [4.69, 9.17) is 4.42 Å². The maximum atomic E-state index is 11.5. The topological polar surface area (TPSA) is 63.1 Å². The van der Waals surface area contributed by atoms with E-state index in [0.29, 0.717) is 11.0 Å². The van der Waals surface area contributed by atoms with Gasteiger partial charge in [0.15, 0.2) is 0 Å². The third-order valence-electron chi connectivity index (χ3n) is 2.14. The van der Waals surface area contributed by atoms with Crippen molar-refractivity contribution in [1.82, 2.24) is 4.98 Å². The fourth-order valence-corrected chi connectivity index (χ4v) is 1.49. The fraction of sp³-hybridized carbons (Fsp3) is 0.200. The van der Waals surface area contributed by atoms with E-state index in [0.717, 1.165) is 12.0 Å². The molecule has 2 rings (SSSR count). The summed E-state index contributed by atoms with van der Waals surface area (Å²) in [5.41, 5.74) is 0.847. The Morgan fingerprint density at radius 3 is 2.86 bits per heavy atom. The van der Waals surface area contributed by atoms with Crippen LogP contribution in [0.1, 0.15) is 12.5 Å². The van der Waals surface area contributed by atoms with E-state index >= 15 is 0 Å². The van der Waals surface area contributed by atoms with Crippen LogP contribution < -0.4 is 11.3 Å². The third-order valence-corrected chi connectivity index (χ3v) is 2.14. The molecule has 1 aromatic heterocycles. The number of H-pyrrole nitrogens is 1. The molecule has 72 valence electrons. The summed E-state index contributed by atoms with van der Waals surface area (Å²) in [6.07, 6.45) is 0.730. The molecule has 1 N–H and O–H groups in total. The van der Waals surface area contributed by atoms with Gasteiger partial charge in [0.05, 0.1) is 5.39 Å². The Balaban J connectivity index is 3.02. The molecule has 0 amide bonds. The first kappa shape index (κ1) is 8.74. The maximum absolute atomic E-state index is 11.5. The Hall–Kier alpha value is -1.84. The third kappa shape index (κ3) is 1.25. The minimum Gasteiger partial charge on any atom is -0.409 e. The molecular formula is C10H9NO3. The normalized spacial score (nSPS) is 10.6. The molecule has 2 aromatic rings. The molecule has 0 unspecified atom stereocenters. The molecule has 4 heteroatoms. The molecule has 14 heavy (non-hydrogen) atoms. The highest BCUT2D eigenvalue weighted by atomic mass is 16.4. The van der Waals surface area contributed by atoms with Crippen molar-refractivity contribution in [3.8, 4) is 0 Å². The standard InChI is InChI=1S/C10H9NO3/c1-2-6-4-3-5-7-8(6)9(12)11-10(13)14-7/h3-5H,2H2,1H3,(H,11,12,13). The zero-order valence-electron chi connectivity index (χ0n) is 7.66. The molecule has 0 saturated carbocycles. The molecule has 0 atom stereocenters. The van der Waals surface area contributed by atoms with Gasteiger partial charge in [-0.1, -0.05) is 19.1 Å². The monoisotopic (exact) mass is 191 g/mol. The SMILES string of the molecule is CCc1cccc2oc(=O)[nH]c(=O)c12. The minimum atomic E-state index is -0.712. The van der Waals surface area contributed by atoms with Crippen molar-refractivity contribution in [3.05, 3.63) is 44.7 Å². The number of aromatic amines is 1. The fourth-order valence-electron chi connectivity index (χ4n) is 1.49. The van der Waals surface area contributed by atoms with Gasteiger partial charge in [0.2, 0.25) is 0 Å². The lowest BCUT2D eigenvalue weighted by atomic mass is 10.1. The van der Waals surface area contributed by atoms with Gasteiger partial charge in [-0.2, -0.15) is 0 Å². The van der Waals surface area contributed by atoms with E-state index in [1.54, 1.807) is 12.1 Å². The van der Waals surface area contributed by atoms with Crippen LogP contribution in [0.3, 0.4) is 0 Å². The molecule has 1 heterocycles. The van der Waals surface area contributed by atoms with Crippen molar-refractivity contribution >= 4 is 11.0 Å². The Labute approximate surface area is 79.2 Å². The predicted octanol–water partition coefficient (Wildman–Crippen LogP) is 1.04. The molecule has 0 saturated heterocycles. The van der Waals surface area contributed by atoms with Gasteiger partial charge in [-0.05, 0) is 18.1 Å². The largest absolute Gasteiger partial charge is 0.419 e. The van der Waals surface area contributed by atoms with Crippen LogP contribution in [0.4, 0.5) is 0 Å². The highest BCUT2D eigenvalue weighted by molar-refractivity contribution is 5.79. The molecule has 0 aliphatic heterocycles. The summed E-state index contributed by atoms with van der Waals surface area (Å²) >= 11 is 0. The number of rotatable bonds is 1. The average molecular weight is 191 g/mol. The first-order valence-electron chi connectivity index (χ1n) is 4.37. The Kier molecular flexibility index (Phi) is 1.96. The van der Waals surface area contributed by atoms with Crippen molar-refractivity contribution in [3.63, 3.8) is 0 Å². The zero-order valence-corrected chi connectivity index (χ0v) is 7.66. The molecule has 0 spiro atoms. The van der Waals surface area contributed by atoms with Crippen LogP contribution in [0, 0.1) is 0 Å². The summed E-state index contributed by atoms with van der Waals surface area (Å²) in [6.45, 7) is 1.94. The number of hydrogen-bond acceptors (Lipinski definition) is 3. The Morgan fingerprint density at radius 2 is 2.14 bits per heavy atom. The summed E-state index contributed by atoms with van der Waals surface area (Å²) in [5.74, 6) is -0.712. The molecule has 0 aliphatic carbocycles. The van der Waals surface area contributed by atoms with Gasteiger partial charge in [0.25, 0.3) is 5.56 Å². The smallest absolute Gasteiger partial charge is 0.409 e. The van der Waals surface area contributed by atoms with Crippen LogP contribution in [0.2, 0.25) is 0 Å². The zero-order chi connectivity index (χ0) is 10.1. The number of nitrogens with one attached hydrogen (secondary N) is 1. The van der Waals surface area contributed by atoms with Gasteiger partial charge in [0.1, 0.15) is 5.58 Å². The van der Waals surface area contributed by atoms with Crippen LogP contribution in [0.15, 0.2) is 32.2 Å². The summed E-state index contributed by atoms with van der Waals surface area (Å²) in [7, 11) is 0. The predicted molar refractivity (Wildman–Crippen MR) is 52.5 cm³/mol. The maximum Gasteiger partial charge on any atom is 0.419 e. The molecule has 1 aromatic carbocycles. The first-order chi connectivity index (χ1) is 6.72. The van der Waals surface area contributed by atoms with Crippen LogP contribution in [0.5, 0.6) is 0 Å². The van der Waals surface area contributed by atoms with E-state index in [2.05, 4.69) is 4.98 Å². The lowest BCUT2D eigenvalue weighted by molar-refractivity contribution is 0.527. The Morgan fingerprint density at radius 1 is 1.36 bits per heavy atom. The minimum absolute atomic E-state index is 0.345. The summed E-state index contributed by atoms with van der Waals surface area (Å²) in [6, 6.07) is 5.23. The summed E-state index contributed by atoms with van der Waals surface area (Å²) in [5, 5.41) is 0.467. The quantitative estimate of drug-likeness (QED) is 0.732. The Bertz CT molecular complexity index is 580. The lowest BCUT2D eigenvalue weighted by Gasteiger charge is -1.99. The van der Waals surface area contributed by atoms with Gasteiger partial charge in [-0.15, -0.1) is 0 Å². The van der Waals surface area contributed by atoms with E-state index in [1.807, 2.05) is 13.0 Å². The van der Waals surface area contributed by atoms with E-state index in [-0.39, 0.29) is 5.56 Å². The molecule has 0 radical (unpaired) electrons. The number of aromatic nitrogens is 1. The highest BCUT2D eigenvalue weighted by Crippen LogP contribution is 2.12. The van der Waals surface area contributed by atoms with Crippen molar-refractivity contribution in [2.75, 3.05) is 0 Å². The van der Waals surface area contributed by atoms with Gasteiger partial charge in [-0.25, -0.2) is 4.79 Å². The molecular weight excluding hydrogens is 182 g/mol. The van der Waals surface area contributed by atoms with E-state index in [1.165, 1.54) is 0 Å². The van der Waals surface area contributed by atoms with Crippen molar-refractivity contribution in [1.29, 1.82) is 0 Å². The molecule has 4 nitrogen and oxygen atoms in total. The number of hydrogen-bond donors (Lipinski definition) is 1. The van der Waals surface area contributed by atoms with Crippen LogP contribution in [-0.2, 0) is 6.42 Å². The summed E-state index contributed by atoms with van der Waals surface area (Å²) in [4.78, 5) is 24.5. The molecule has 0 aliphatic rings. The van der Waals surface area contributed by atoms with Crippen LogP contribution in [-0.4, -0.2) is 4.98 Å². The van der Waals surface area contributed by atoms with Gasteiger partial charge < -0.3 is 4.42 Å². The van der Waals surface area contributed by atoms with Crippen molar-refractivity contribution < 1.29 is 4.42 Å². The van der Waals surface area contributed by atoms with Crippen molar-refractivity contribution in [2.24, 2.45) is 0 Å². The number of aryl methyl sites for hydroxylation is 1. The van der Waals surface area contributed by atoms with Gasteiger partial charge in [0, 0.05) is 0 Å². The van der Waals surface area contributed by atoms with E-state index < -0.39 is 5.76 Å². The molecule has 0 fully saturated rings. The second-order valence-electron chi connectivity index (χ2n) is 2.99. The molecule has 0 bridgehead atoms. The van der Waals surface area contributed by atoms with Crippen molar-refractivity contribution in [2.45, 2.75) is 13.3 Å². The lowest BCUT2D eigenvalue weighted by Crippen LogP contribution is -2.18.